The van der Waals surface area contributed by atoms with Crippen molar-refractivity contribution in [3.63, 3.8) is 0 Å². The number of anilines is 2. The van der Waals surface area contributed by atoms with E-state index in [1.807, 2.05) is 54.3 Å². The van der Waals surface area contributed by atoms with Crippen LogP contribution in [0.4, 0.5) is 11.4 Å². The molecule has 0 unspecified atom stereocenters. The average molecular weight is 280 g/mol. The van der Waals surface area contributed by atoms with Gasteiger partial charge in [-0.05, 0) is 43.5 Å². The molecule has 0 aliphatic heterocycles. The Morgan fingerprint density at radius 2 is 1.86 bits per heavy atom. The van der Waals surface area contributed by atoms with Crippen LogP contribution in [0, 0.1) is 0 Å². The molecule has 2 aromatic carbocycles. The third-order valence-corrected chi connectivity index (χ3v) is 4.23. The number of nitrogens with two attached hydrogens (primary N) is 1. The second-order valence-corrected chi connectivity index (χ2v) is 5.59. The zero-order chi connectivity index (χ0) is 14.9. The minimum absolute atomic E-state index is 0.182. The predicted octanol–water partition coefficient (Wildman–Crippen LogP) is 3.35. The zero-order valence-corrected chi connectivity index (χ0v) is 12.3. The van der Waals surface area contributed by atoms with Crippen LogP contribution in [0.1, 0.15) is 25.3 Å². The largest absolute Gasteiger partial charge is 0.399 e. The summed E-state index contributed by atoms with van der Waals surface area (Å²) in [5, 5.41) is 0. The van der Waals surface area contributed by atoms with E-state index in [2.05, 4.69) is 12.1 Å². The molecular weight excluding hydrogens is 260 g/mol. The van der Waals surface area contributed by atoms with E-state index < -0.39 is 0 Å². The van der Waals surface area contributed by atoms with Crippen LogP contribution < -0.4 is 10.6 Å². The van der Waals surface area contributed by atoms with Crippen molar-refractivity contribution in [2.24, 2.45) is 0 Å². The van der Waals surface area contributed by atoms with Gasteiger partial charge in [-0.3, -0.25) is 4.79 Å². The van der Waals surface area contributed by atoms with E-state index in [1.165, 1.54) is 0 Å². The van der Waals surface area contributed by atoms with Gasteiger partial charge in [0.15, 0.2) is 0 Å². The number of amides is 1. The van der Waals surface area contributed by atoms with E-state index in [4.69, 9.17) is 5.73 Å². The Bertz CT molecular complexity index is 647. The molecule has 0 bridgehead atoms. The minimum Gasteiger partial charge on any atom is -0.399 e. The molecule has 3 heteroatoms. The summed E-state index contributed by atoms with van der Waals surface area (Å²) in [6.07, 6.45) is 1.85. The lowest BCUT2D eigenvalue weighted by molar-refractivity contribution is -0.121. The molecule has 108 valence electrons. The van der Waals surface area contributed by atoms with Crippen molar-refractivity contribution in [3.05, 3.63) is 60.2 Å². The molecule has 2 aromatic rings. The number of rotatable bonds is 4. The molecule has 1 aliphatic carbocycles. The minimum atomic E-state index is -0.331. The summed E-state index contributed by atoms with van der Waals surface area (Å²) in [6.45, 7) is 2.65. The molecule has 21 heavy (non-hydrogen) atoms. The number of nitrogens with zero attached hydrogens (tertiary/aromatic N) is 1. The number of benzene rings is 2. The van der Waals surface area contributed by atoms with E-state index >= 15 is 0 Å². The van der Waals surface area contributed by atoms with Crippen molar-refractivity contribution in [3.8, 4) is 0 Å². The third-order valence-electron chi connectivity index (χ3n) is 4.23. The van der Waals surface area contributed by atoms with Crippen LogP contribution in [0.3, 0.4) is 0 Å². The summed E-state index contributed by atoms with van der Waals surface area (Å²) >= 11 is 0. The first-order chi connectivity index (χ1) is 10.2. The Balaban J connectivity index is 1.93. The normalized spacial score (nSPS) is 15.5. The van der Waals surface area contributed by atoms with Gasteiger partial charge in [0.05, 0.1) is 5.41 Å². The van der Waals surface area contributed by atoms with Crippen LogP contribution in [0.2, 0.25) is 0 Å². The van der Waals surface area contributed by atoms with Gasteiger partial charge < -0.3 is 10.6 Å². The van der Waals surface area contributed by atoms with E-state index in [0.717, 1.165) is 24.1 Å². The summed E-state index contributed by atoms with van der Waals surface area (Å²) in [6, 6.07) is 17.6. The van der Waals surface area contributed by atoms with Gasteiger partial charge in [-0.25, -0.2) is 0 Å². The molecule has 2 N–H and O–H groups in total. The Morgan fingerprint density at radius 1 is 1.14 bits per heavy atom. The van der Waals surface area contributed by atoms with Crippen molar-refractivity contribution < 1.29 is 4.79 Å². The Hall–Kier alpha value is -2.29. The van der Waals surface area contributed by atoms with E-state index in [9.17, 15) is 4.79 Å². The van der Waals surface area contributed by atoms with Crippen molar-refractivity contribution in [2.45, 2.75) is 25.2 Å². The molecule has 0 spiro atoms. The second-order valence-electron chi connectivity index (χ2n) is 5.59. The maximum Gasteiger partial charge on any atom is 0.237 e. The molecule has 1 amide bonds. The summed E-state index contributed by atoms with van der Waals surface area (Å²) in [5.41, 5.74) is 8.20. The molecule has 0 atom stereocenters. The summed E-state index contributed by atoms with van der Waals surface area (Å²) < 4.78 is 0. The third kappa shape index (κ3) is 2.40. The summed E-state index contributed by atoms with van der Waals surface area (Å²) in [5.74, 6) is 0.182. The summed E-state index contributed by atoms with van der Waals surface area (Å²) in [4.78, 5) is 14.9. The molecule has 3 nitrogen and oxygen atoms in total. The fourth-order valence-electron chi connectivity index (χ4n) is 2.90. The molecule has 0 heterocycles. The molecule has 0 aromatic heterocycles. The van der Waals surface area contributed by atoms with Gasteiger partial charge in [-0.1, -0.05) is 36.4 Å². The number of carbonyl (C=O) groups excluding carboxylic acids is 1. The smallest absolute Gasteiger partial charge is 0.237 e. The van der Waals surface area contributed by atoms with Crippen molar-refractivity contribution in [2.75, 3.05) is 17.2 Å². The first-order valence-electron chi connectivity index (χ1n) is 7.40. The monoisotopic (exact) mass is 280 g/mol. The maximum atomic E-state index is 13.1. The molecule has 1 saturated carbocycles. The highest BCUT2D eigenvalue weighted by molar-refractivity contribution is 6.03. The first kappa shape index (κ1) is 13.7. The average Bonchev–Trinajstić information content (AvgIpc) is 3.31. The van der Waals surface area contributed by atoms with Gasteiger partial charge in [0.2, 0.25) is 5.91 Å². The highest BCUT2D eigenvalue weighted by Crippen LogP contribution is 2.50. The highest BCUT2D eigenvalue weighted by Gasteiger charge is 2.52. The quantitative estimate of drug-likeness (QED) is 0.873. The second kappa shape index (κ2) is 5.24. The van der Waals surface area contributed by atoms with Crippen LogP contribution in [-0.4, -0.2) is 12.5 Å². The SMILES string of the molecule is CCN(C(=O)C1(c2ccccc2)CC1)c1cccc(N)c1. The van der Waals surface area contributed by atoms with Crippen molar-refractivity contribution >= 4 is 17.3 Å². The fraction of sp³-hybridized carbons (Fsp3) is 0.278. The Labute approximate surface area is 125 Å². The standard InChI is InChI=1S/C18H20N2O/c1-2-20(16-10-6-9-15(19)13-16)17(21)18(11-12-18)14-7-4-3-5-8-14/h3-10,13H,2,11-12,19H2,1H3. The predicted molar refractivity (Wildman–Crippen MR) is 86.2 cm³/mol. The van der Waals surface area contributed by atoms with Crippen LogP contribution in [0.15, 0.2) is 54.6 Å². The molecule has 1 fully saturated rings. The zero-order valence-electron chi connectivity index (χ0n) is 12.3. The van der Waals surface area contributed by atoms with Crippen LogP contribution in [-0.2, 0) is 10.2 Å². The Kier molecular flexibility index (Phi) is 3.42. The van der Waals surface area contributed by atoms with Crippen LogP contribution >= 0.6 is 0 Å². The van der Waals surface area contributed by atoms with Gasteiger partial charge in [-0.15, -0.1) is 0 Å². The van der Waals surface area contributed by atoms with Gasteiger partial charge in [-0.2, -0.15) is 0 Å². The van der Waals surface area contributed by atoms with E-state index in [1.54, 1.807) is 0 Å². The maximum absolute atomic E-state index is 13.1. The van der Waals surface area contributed by atoms with Gasteiger partial charge >= 0.3 is 0 Å². The number of likely N-dealkylation sites (N-methyl/N-ethyl adjacent to an activating group) is 1. The molecule has 0 radical (unpaired) electrons. The number of hydrogen-bond acceptors (Lipinski definition) is 2. The Morgan fingerprint density at radius 3 is 2.43 bits per heavy atom. The topological polar surface area (TPSA) is 46.3 Å². The fourth-order valence-corrected chi connectivity index (χ4v) is 2.90. The lowest BCUT2D eigenvalue weighted by atomic mass is 9.94. The molecular formula is C18H20N2O. The van der Waals surface area contributed by atoms with Crippen molar-refractivity contribution in [1.82, 2.24) is 0 Å². The molecule has 0 saturated heterocycles. The van der Waals surface area contributed by atoms with Gasteiger partial charge in [0.1, 0.15) is 0 Å². The lowest BCUT2D eigenvalue weighted by Crippen LogP contribution is -2.39. The van der Waals surface area contributed by atoms with E-state index in [0.29, 0.717) is 12.2 Å². The van der Waals surface area contributed by atoms with E-state index in [-0.39, 0.29) is 11.3 Å². The number of hydrogen-bond donors (Lipinski definition) is 1. The van der Waals surface area contributed by atoms with Crippen molar-refractivity contribution in [1.29, 1.82) is 0 Å². The first-order valence-corrected chi connectivity index (χ1v) is 7.40. The van der Waals surface area contributed by atoms with Crippen LogP contribution in [0.5, 0.6) is 0 Å². The number of carbonyl (C=O) groups is 1. The lowest BCUT2D eigenvalue weighted by Gasteiger charge is -2.27. The molecule has 3 rings (SSSR count). The van der Waals surface area contributed by atoms with Gasteiger partial charge in [0.25, 0.3) is 0 Å². The summed E-state index contributed by atoms with van der Waals surface area (Å²) in [7, 11) is 0. The molecule has 1 aliphatic rings. The van der Waals surface area contributed by atoms with Crippen LogP contribution in [0.25, 0.3) is 0 Å². The highest BCUT2D eigenvalue weighted by atomic mass is 16.2. The van der Waals surface area contributed by atoms with Gasteiger partial charge in [0, 0.05) is 17.9 Å². The number of nitrogen functional groups attached to an aromatic ring is 1.